The van der Waals surface area contributed by atoms with Crippen LogP contribution in [0.2, 0.25) is 0 Å². The van der Waals surface area contributed by atoms with Crippen LogP contribution in [0.5, 0.6) is 5.75 Å². The minimum atomic E-state index is -0.201. The highest BCUT2D eigenvalue weighted by atomic mass is 16.5. The monoisotopic (exact) mass is 363 g/mol. The van der Waals surface area contributed by atoms with E-state index in [2.05, 4.69) is 20.8 Å². The summed E-state index contributed by atoms with van der Waals surface area (Å²) in [4.78, 5) is 12.2. The van der Waals surface area contributed by atoms with Crippen LogP contribution < -0.4 is 10.1 Å². The number of amides is 1. The zero-order chi connectivity index (χ0) is 18.8. The Morgan fingerprint density at radius 3 is 2.52 bits per heavy atom. The van der Waals surface area contributed by atoms with Gasteiger partial charge in [-0.15, -0.1) is 5.10 Å². The molecule has 4 rings (SSSR count). The summed E-state index contributed by atoms with van der Waals surface area (Å²) in [5, 5.41) is 14.8. The number of benzene rings is 2. The SMILES string of the molecule is Cc1cccc(C)c1OCC(=O)Nc1ccc(-c2nnnn2C2CC2)cc1. The van der Waals surface area contributed by atoms with Crippen molar-refractivity contribution in [2.24, 2.45) is 0 Å². The average molecular weight is 363 g/mol. The van der Waals surface area contributed by atoms with Gasteiger partial charge in [0.25, 0.3) is 5.91 Å². The molecule has 2 aromatic carbocycles. The van der Waals surface area contributed by atoms with E-state index in [1.807, 2.05) is 61.0 Å². The Bertz CT molecular complexity index is 941. The number of hydrogen-bond donors (Lipinski definition) is 1. The molecule has 1 fully saturated rings. The lowest BCUT2D eigenvalue weighted by Crippen LogP contribution is -2.20. The topological polar surface area (TPSA) is 81.9 Å². The normalized spacial score (nSPS) is 13.4. The van der Waals surface area contributed by atoms with E-state index in [0.717, 1.165) is 41.1 Å². The van der Waals surface area contributed by atoms with Crippen LogP contribution in [0.25, 0.3) is 11.4 Å². The second-order valence-corrected chi connectivity index (χ2v) is 6.81. The van der Waals surface area contributed by atoms with E-state index >= 15 is 0 Å². The number of hydrogen-bond acceptors (Lipinski definition) is 5. The van der Waals surface area contributed by atoms with Crippen molar-refractivity contribution in [1.82, 2.24) is 20.2 Å². The van der Waals surface area contributed by atoms with Crippen molar-refractivity contribution >= 4 is 11.6 Å². The van der Waals surface area contributed by atoms with E-state index in [0.29, 0.717) is 11.7 Å². The molecule has 1 aromatic heterocycles. The second kappa shape index (κ2) is 7.19. The van der Waals surface area contributed by atoms with E-state index in [1.165, 1.54) is 0 Å². The van der Waals surface area contributed by atoms with Crippen LogP contribution in [-0.2, 0) is 4.79 Å². The summed E-state index contributed by atoms with van der Waals surface area (Å²) in [6, 6.07) is 13.8. The van der Waals surface area contributed by atoms with Crippen LogP contribution in [0.1, 0.15) is 30.0 Å². The summed E-state index contributed by atoms with van der Waals surface area (Å²) in [6.07, 6.45) is 2.24. The van der Waals surface area contributed by atoms with Crippen LogP contribution >= 0.6 is 0 Å². The molecule has 1 amide bonds. The van der Waals surface area contributed by atoms with Crippen LogP contribution in [0, 0.1) is 13.8 Å². The van der Waals surface area contributed by atoms with Gasteiger partial charge in [0.05, 0.1) is 6.04 Å². The van der Waals surface area contributed by atoms with Crippen molar-refractivity contribution in [3.63, 3.8) is 0 Å². The van der Waals surface area contributed by atoms with Gasteiger partial charge in [-0.05, 0) is 72.5 Å². The fraction of sp³-hybridized carbons (Fsp3) is 0.300. The molecular formula is C20H21N5O2. The Labute approximate surface area is 157 Å². The number of anilines is 1. The Balaban J connectivity index is 1.38. The van der Waals surface area contributed by atoms with Gasteiger partial charge in [0.1, 0.15) is 5.75 Å². The molecule has 0 radical (unpaired) electrons. The maximum atomic E-state index is 12.2. The molecule has 1 aliphatic carbocycles. The maximum Gasteiger partial charge on any atom is 0.262 e. The van der Waals surface area contributed by atoms with Gasteiger partial charge in [-0.2, -0.15) is 0 Å². The lowest BCUT2D eigenvalue weighted by Gasteiger charge is -2.12. The Kier molecular flexibility index (Phi) is 4.58. The van der Waals surface area contributed by atoms with E-state index in [1.54, 1.807) is 0 Å². The predicted octanol–water partition coefficient (Wildman–Crippen LogP) is 3.31. The first-order chi connectivity index (χ1) is 13.1. The summed E-state index contributed by atoms with van der Waals surface area (Å²) >= 11 is 0. The van der Waals surface area contributed by atoms with Crippen molar-refractivity contribution in [2.45, 2.75) is 32.7 Å². The largest absolute Gasteiger partial charge is 0.483 e. The van der Waals surface area contributed by atoms with Gasteiger partial charge in [0.2, 0.25) is 0 Å². The van der Waals surface area contributed by atoms with Crippen molar-refractivity contribution in [3.8, 4) is 17.1 Å². The van der Waals surface area contributed by atoms with Crippen molar-refractivity contribution in [2.75, 3.05) is 11.9 Å². The number of aryl methyl sites for hydroxylation is 2. The third kappa shape index (κ3) is 3.81. The van der Waals surface area contributed by atoms with Gasteiger partial charge in [-0.25, -0.2) is 4.68 Å². The molecule has 1 saturated carbocycles. The van der Waals surface area contributed by atoms with Gasteiger partial charge in [-0.3, -0.25) is 4.79 Å². The van der Waals surface area contributed by atoms with E-state index in [4.69, 9.17) is 4.74 Å². The number of aromatic nitrogens is 4. The minimum Gasteiger partial charge on any atom is -0.483 e. The number of nitrogens with zero attached hydrogens (tertiary/aromatic N) is 4. The molecule has 138 valence electrons. The molecule has 0 saturated heterocycles. The summed E-state index contributed by atoms with van der Waals surface area (Å²) < 4.78 is 7.56. The number of carbonyl (C=O) groups is 1. The lowest BCUT2D eigenvalue weighted by molar-refractivity contribution is -0.118. The molecule has 27 heavy (non-hydrogen) atoms. The first kappa shape index (κ1) is 17.2. The Morgan fingerprint density at radius 2 is 1.85 bits per heavy atom. The van der Waals surface area contributed by atoms with Gasteiger partial charge < -0.3 is 10.1 Å². The molecule has 0 spiro atoms. The standard InChI is InChI=1S/C20H21N5O2/c1-13-4-3-5-14(2)19(13)27-12-18(26)21-16-8-6-15(7-9-16)20-22-23-24-25(20)17-10-11-17/h3-9,17H,10-12H2,1-2H3,(H,21,26). The molecule has 7 nitrogen and oxygen atoms in total. The van der Waals surface area contributed by atoms with Crippen LogP contribution in [0.3, 0.4) is 0 Å². The Morgan fingerprint density at radius 1 is 1.15 bits per heavy atom. The Hall–Kier alpha value is -3.22. The fourth-order valence-corrected chi connectivity index (χ4v) is 3.01. The molecule has 1 N–H and O–H groups in total. The molecular weight excluding hydrogens is 342 g/mol. The highest BCUT2D eigenvalue weighted by molar-refractivity contribution is 5.92. The van der Waals surface area contributed by atoms with Crippen molar-refractivity contribution in [1.29, 1.82) is 0 Å². The predicted molar refractivity (Wildman–Crippen MR) is 102 cm³/mol. The summed E-state index contributed by atoms with van der Waals surface area (Å²) in [5.74, 6) is 1.32. The number of para-hydroxylation sites is 1. The van der Waals surface area contributed by atoms with Crippen molar-refractivity contribution in [3.05, 3.63) is 53.6 Å². The van der Waals surface area contributed by atoms with Crippen LogP contribution in [-0.4, -0.2) is 32.7 Å². The van der Waals surface area contributed by atoms with Gasteiger partial charge in [0, 0.05) is 11.3 Å². The third-order valence-corrected chi connectivity index (χ3v) is 4.57. The lowest BCUT2D eigenvalue weighted by atomic mass is 10.1. The molecule has 0 aliphatic heterocycles. The summed E-state index contributed by atoms with van der Waals surface area (Å²) in [7, 11) is 0. The molecule has 0 unspecified atom stereocenters. The quantitative estimate of drug-likeness (QED) is 0.726. The summed E-state index contributed by atoms with van der Waals surface area (Å²) in [5.41, 5.74) is 3.66. The minimum absolute atomic E-state index is 0.0344. The maximum absolute atomic E-state index is 12.2. The number of carbonyl (C=O) groups excluding carboxylic acids is 1. The highest BCUT2D eigenvalue weighted by Crippen LogP contribution is 2.36. The summed E-state index contributed by atoms with van der Waals surface area (Å²) in [6.45, 7) is 3.90. The van der Waals surface area contributed by atoms with Gasteiger partial charge in [0.15, 0.2) is 12.4 Å². The molecule has 7 heteroatoms. The number of tetrazole rings is 1. The molecule has 0 bridgehead atoms. The first-order valence-electron chi connectivity index (χ1n) is 8.99. The zero-order valence-corrected chi connectivity index (χ0v) is 15.3. The highest BCUT2D eigenvalue weighted by Gasteiger charge is 2.28. The van der Waals surface area contributed by atoms with Crippen LogP contribution in [0.4, 0.5) is 5.69 Å². The molecule has 3 aromatic rings. The number of nitrogens with one attached hydrogen (secondary N) is 1. The molecule has 0 atom stereocenters. The fourth-order valence-electron chi connectivity index (χ4n) is 3.01. The average Bonchev–Trinajstić information content (AvgIpc) is 3.39. The van der Waals surface area contributed by atoms with E-state index in [9.17, 15) is 4.79 Å². The van der Waals surface area contributed by atoms with E-state index < -0.39 is 0 Å². The molecule has 1 aliphatic rings. The number of rotatable bonds is 6. The van der Waals surface area contributed by atoms with Gasteiger partial charge >= 0.3 is 0 Å². The first-order valence-corrected chi connectivity index (χ1v) is 8.99. The molecule has 1 heterocycles. The van der Waals surface area contributed by atoms with Crippen LogP contribution in [0.15, 0.2) is 42.5 Å². The number of ether oxygens (including phenoxy) is 1. The van der Waals surface area contributed by atoms with Gasteiger partial charge in [-0.1, -0.05) is 18.2 Å². The zero-order valence-electron chi connectivity index (χ0n) is 15.3. The third-order valence-electron chi connectivity index (χ3n) is 4.57. The van der Waals surface area contributed by atoms with Crippen molar-refractivity contribution < 1.29 is 9.53 Å². The second-order valence-electron chi connectivity index (χ2n) is 6.81. The smallest absolute Gasteiger partial charge is 0.262 e. The van der Waals surface area contributed by atoms with E-state index in [-0.39, 0.29) is 12.5 Å².